The quantitative estimate of drug-likeness (QED) is 0.695. The van der Waals surface area contributed by atoms with Gasteiger partial charge < -0.3 is 0 Å². The summed E-state index contributed by atoms with van der Waals surface area (Å²) in [5, 5.41) is 0. The predicted molar refractivity (Wildman–Crippen MR) is 58.0 cm³/mol. The van der Waals surface area contributed by atoms with Gasteiger partial charge in [0.25, 0.3) is 5.56 Å². The fourth-order valence-corrected chi connectivity index (χ4v) is 2.78. The molecule has 0 bridgehead atoms. The van der Waals surface area contributed by atoms with E-state index in [0.717, 1.165) is 24.8 Å². The smallest absolute Gasteiger partial charge is 0.264 e. The van der Waals surface area contributed by atoms with Gasteiger partial charge in [-0.2, -0.15) is 0 Å². The third-order valence-electron chi connectivity index (χ3n) is 2.17. The summed E-state index contributed by atoms with van der Waals surface area (Å²) < 4.78 is 1.79. The van der Waals surface area contributed by atoms with Crippen molar-refractivity contribution in [3.8, 4) is 0 Å². The molecule has 0 atom stereocenters. The molecule has 0 aromatic carbocycles. The molecule has 0 fully saturated rings. The van der Waals surface area contributed by atoms with Gasteiger partial charge in [-0.15, -0.1) is 19.0 Å². The Hall–Kier alpha value is -0.540. The molecule has 72 valence electrons. The van der Waals surface area contributed by atoms with Crippen LogP contribution in [-0.4, -0.2) is 3.96 Å². The number of nitrogens with zero attached hydrogens (tertiary/aromatic N) is 1. The van der Waals surface area contributed by atoms with Crippen LogP contribution in [0.2, 0.25) is 0 Å². The molecule has 1 aliphatic carbocycles. The van der Waals surface area contributed by atoms with Gasteiger partial charge in [0.2, 0.25) is 0 Å². The first kappa shape index (κ1) is 10.5. The zero-order valence-corrected chi connectivity index (χ0v) is 8.92. The summed E-state index contributed by atoms with van der Waals surface area (Å²) in [7, 11) is 0. The minimum Gasteiger partial charge on any atom is -0.268 e. The Balaban J connectivity index is 0.000000845. The highest BCUT2D eigenvalue weighted by Gasteiger charge is 2.18. The molecule has 0 unspecified atom stereocenters. The largest absolute Gasteiger partial charge is 0.268 e. The summed E-state index contributed by atoms with van der Waals surface area (Å²) in [6, 6.07) is 0. The maximum Gasteiger partial charge on any atom is 0.264 e. The van der Waals surface area contributed by atoms with Gasteiger partial charge in [-0.25, -0.2) is 0 Å². The molecule has 2 rings (SSSR count). The zero-order chi connectivity index (χ0) is 8.55. The van der Waals surface area contributed by atoms with Crippen LogP contribution in [0.3, 0.4) is 0 Å². The van der Waals surface area contributed by atoms with Crippen molar-refractivity contribution in [3.63, 3.8) is 0 Å². The number of rotatable bonds is 2. The Bertz CT molecular complexity index is 366. The van der Waals surface area contributed by atoms with Crippen molar-refractivity contribution in [3.05, 3.63) is 33.4 Å². The number of aromatic nitrogens is 1. The van der Waals surface area contributed by atoms with Crippen molar-refractivity contribution in [2.24, 2.45) is 0 Å². The van der Waals surface area contributed by atoms with Crippen LogP contribution in [0.25, 0.3) is 0 Å². The molecule has 0 N–H and O–H groups in total. The minimum atomic E-state index is 0. The second-order valence-corrected chi connectivity index (χ2v) is 4.12. The van der Waals surface area contributed by atoms with Crippen LogP contribution in [0.1, 0.15) is 16.9 Å². The SMILES string of the molecule is C=CCn1sc2c(c1=O)CCC2.Cl. The molecule has 0 radical (unpaired) electrons. The van der Waals surface area contributed by atoms with Crippen LogP contribution >= 0.6 is 23.9 Å². The van der Waals surface area contributed by atoms with Crippen LogP contribution in [0.5, 0.6) is 0 Å². The summed E-state index contributed by atoms with van der Waals surface area (Å²) in [6.45, 7) is 4.29. The first-order valence-corrected chi connectivity index (χ1v) is 4.93. The first-order valence-electron chi connectivity index (χ1n) is 4.15. The minimum absolute atomic E-state index is 0. The van der Waals surface area contributed by atoms with E-state index in [2.05, 4.69) is 6.58 Å². The molecular formula is C9H12ClNOS. The Morgan fingerprint density at radius 3 is 2.92 bits per heavy atom. The van der Waals surface area contributed by atoms with Gasteiger partial charge in [-0.05, 0) is 19.3 Å². The van der Waals surface area contributed by atoms with Gasteiger partial charge in [0.15, 0.2) is 0 Å². The Morgan fingerprint density at radius 2 is 2.31 bits per heavy atom. The average molecular weight is 218 g/mol. The van der Waals surface area contributed by atoms with Crippen molar-refractivity contribution in [1.82, 2.24) is 3.96 Å². The molecular weight excluding hydrogens is 206 g/mol. The van der Waals surface area contributed by atoms with E-state index in [1.165, 1.54) is 4.88 Å². The van der Waals surface area contributed by atoms with Gasteiger partial charge in [-0.1, -0.05) is 17.6 Å². The van der Waals surface area contributed by atoms with Crippen molar-refractivity contribution in [2.45, 2.75) is 25.8 Å². The predicted octanol–water partition coefficient (Wildman–Crippen LogP) is 2.01. The second-order valence-electron chi connectivity index (χ2n) is 3.00. The highest BCUT2D eigenvalue weighted by atomic mass is 35.5. The molecule has 2 nitrogen and oxygen atoms in total. The van der Waals surface area contributed by atoms with Gasteiger partial charge in [0.1, 0.15) is 0 Å². The fraction of sp³-hybridized carbons (Fsp3) is 0.444. The van der Waals surface area contributed by atoms with Crippen molar-refractivity contribution in [2.75, 3.05) is 0 Å². The average Bonchev–Trinajstić information content (AvgIpc) is 2.58. The lowest BCUT2D eigenvalue weighted by Crippen LogP contribution is -2.15. The Labute approximate surface area is 87.5 Å². The van der Waals surface area contributed by atoms with Crippen LogP contribution in [0.15, 0.2) is 17.4 Å². The third-order valence-corrected chi connectivity index (χ3v) is 3.37. The Morgan fingerprint density at radius 1 is 1.54 bits per heavy atom. The number of hydrogen-bond donors (Lipinski definition) is 0. The zero-order valence-electron chi connectivity index (χ0n) is 7.28. The lowest BCUT2D eigenvalue weighted by atomic mass is 10.3. The number of halogens is 1. The summed E-state index contributed by atoms with van der Waals surface area (Å²) in [5.74, 6) is 0. The summed E-state index contributed by atoms with van der Waals surface area (Å²) in [5.41, 5.74) is 1.27. The lowest BCUT2D eigenvalue weighted by molar-refractivity contribution is 0.841. The third kappa shape index (κ3) is 1.71. The van der Waals surface area contributed by atoms with Crippen molar-refractivity contribution >= 4 is 23.9 Å². The molecule has 0 amide bonds. The van der Waals surface area contributed by atoms with E-state index >= 15 is 0 Å². The van der Waals surface area contributed by atoms with Crippen LogP contribution in [-0.2, 0) is 19.4 Å². The monoisotopic (exact) mass is 217 g/mol. The van der Waals surface area contributed by atoms with Crippen molar-refractivity contribution in [1.29, 1.82) is 0 Å². The summed E-state index contributed by atoms with van der Waals surface area (Å²) in [6.07, 6.45) is 5.01. The maximum atomic E-state index is 11.6. The van der Waals surface area contributed by atoms with Gasteiger partial charge in [0.05, 0.1) is 6.54 Å². The number of allylic oxidation sites excluding steroid dienone is 1. The highest BCUT2D eigenvalue weighted by Crippen LogP contribution is 2.22. The normalized spacial score (nSPS) is 13.5. The van der Waals surface area contributed by atoms with E-state index in [1.807, 2.05) is 0 Å². The van der Waals surface area contributed by atoms with E-state index in [9.17, 15) is 4.79 Å². The van der Waals surface area contributed by atoms with Gasteiger partial charge in [-0.3, -0.25) is 8.75 Å². The number of fused-ring (bicyclic) bond motifs is 1. The number of aryl methyl sites for hydroxylation is 1. The molecule has 1 heterocycles. The molecule has 0 saturated carbocycles. The number of hydrogen-bond acceptors (Lipinski definition) is 2. The topological polar surface area (TPSA) is 22.0 Å². The van der Waals surface area contributed by atoms with Crippen molar-refractivity contribution < 1.29 is 0 Å². The maximum absolute atomic E-state index is 11.6. The lowest BCUT2D eigenvalue weighted by Gasteiger charge is -1.92. The molecule has 0 saturated heterocycles. The van der Waals surface area contributed by atoms with Gasteiger partial charge >= 0.3 is 0 Å². The molecule has 4 heteroatoms. The van der Waals surface area contributed by atoms with Crippen LogP contribution in [0.4, 0.5) is 0 Å². The molecule has 1 aromatic heterocycles. The Kier molecular flexibility index (Phi) is 3.33. The molecule has 13 heavy (non-hydrogen) atoms. The second kappa shape index (κ2) is 4.11. The molecule has 1 aromatic rings. The summed E-state index contributed by atoms with van der Waals surface area (Å²) >= 11 is 1.61. The van der Waals surface area contributed by atoms with Crippen LogP contribution < -0.4 is 5.56 Å². The van der Waals surface area contributed by atoms with Gasteiger partial charge in [0, 0.05) is 10.4 Å². The van der Waals surface area contributed by atoms with E-state index in [0.29, 0.717) is 6.54 Å². The fourth-order valence-electron chi connectivity index (χ4n) is 1.61. The van der Waals surface area contributed by atoms with E-state index < -0.39 is 0 Å². The van der Waals surface area contributed by atoms with E-state index in [-0.39, 0.29) is 18.0 Å². The molecule has 1 aliphatic rings. The summed E-state index contributed by atoms with van der Waals surface area (Å²) in [4.78, 5) is 12.9. The highest BCUT2D eigenvalue weighted by molar-refractivity contribution is 7.06. The van der Waals surface area contributed by atoms with Crippen LogP contribution in [0, 0.1) is 0 Å². The molecule has 0 spiro atoms. The van der Waals surface area contributed by atoms with E-state index in [1.54, 1.807) is 21.6 Å². The first-order chi connectivity index (χ1) is 5.83. The van der Waals surface area contributed by atoms with E-state index in [4.69, 9.17) is 0 Å². The molecule has 0 aliphatic heterocycles. The standard InChI is InChI=1S/C9H11NOS.ClH/c1-2-6-10-9(11)7-4-3-5-8(7)12-10;/h2H,1,3-6H2;1H.